The minimum absolute atomic E-state index is 0.131. The number of β-amino-alcohol motifs (C(OH)–C–C–N with tert-alkyl or cyclic N) is 1. The van der Waals surface area contributed by atoms with Crippen LogP contribution in [0.2, 0.25) is 0 Å². The normalized spacial score (nSPS) is 27.9. The molecule has 0 bridgehead atoms. The summed E-state index contributed by atoms with van der Waals surface area (Å²) in [6, 6.07) is 0.387. The molecule has 2 rings (SSSR count). The maximum Gasteiger partial charge on any atom is 0.234 e. The highest BCUT2D eigenvalue weighted by molar-refractivity contribution is 5.78. The average molecular weight is 240 g/mol. The summed E-state index contributed by atoms with van der Waals surface area (Å²) < 4.78 is 0. The van der Waals surface area contributed by atoms with Crippen LogP contribution in [0.25, 0.3) is 0 Å². The van der Waals surface area contributed by atoms with Gasteiger partial charge in [-0.15, -0.1) is 0 Å². The van der Waals surface area contributed by atoms with Crippen LogP contribution >= 0.6 is 0 Å². The first-order chi connectivity index (χ1) is 8.24. The number of hydrogen-bond acceptors (Lipinski definition) is 3. The molecule has 1 aliphatic carbocycles. The van der Waals surface area contributed by atoms with Crippen LogP contribution in [0.4, 0.5) is 0 Å². The van der Waals surface area contributed by atoms with Gasteiger partial charge in [0.05, 0.1) is 12.6 Å². The van der Waals surface area contributed by atoms with Crippen molar-refractivity contribution in [1.29, 1.82) is 0 Å². The summed E-state index contributed by atoms with van der Waals surface area (Å²) in [5.41, 5.74) is 0. The Balaban J connectivity index is 1.69. The van der Waals surface area contributed by atoms with E-state index in [1.807, 2.05) is 4.90 Å². The topological polar surface area (TPSA) is 52.6 Å². The Morgan fingerprint density at radius 1 is 1.18 bits per heavy atom. The summed E-state index contributed by atoms with van der Waals surface area (Å²) in [6.45, 7) is 1.95. The molecular weight excluding hydrogens is 216 g/mol. The molecule has 98 valence electrons. The van der Waals surface area contributed by atoms with Crippen molar-refractivity contribution in [2.45, 2.75) is 57.1 Å². The Bertz CT molecular complexity index is 250. The molecule has 2 N–H and O–H groups in total. The van der Waals surface area contributed by atoms with E-state index in [9.17, 15) is 9.90 Å². The highest BCUT2D eigenvalue weighted by Gasteiger charge is 2.23. The number of carbonyl (C=O) groups is 1. The largest absolute Gasteiger partial charge is 0.392 e. The molecule has 1 atom stereocenters. The molecule has 0 aromatic rings. The Morgan fingerprint density at radius 2 is 1.88 bits per heavy atom. The molecule has 1 amide bonds. The van der Waals surface area contributed by atoms with E-state index in [0.717, 1.165) is 25.8 Å². The summed E-state index contributed by atoms with van der Waals surface area (Å²) >= 11 is 0. The third-order valence-corrected chi connectivity index (χ3v) is 3.83. The molecule has 0 aromatic carbocycles. The van der Waals surface area contributed by atoms with Gasteiger partial charge >= 0.3 is 0 Å². The van der Waals surface area contributed by atoms with Crippen LogP contribution in [0.1, 0.15) is 44.9 Å². The fourth-order valence-corrected chi connectivity index (χ4v) is 2.86. The van der Waals surface area contributed by atoms with Gasteiger partial charge in [0.2, 0.25) is 5.91 Å². The van der Waals surface area contributed by atoms with Crippen LogP contribution < -0.4 is 5.32 Å². The van der Waals surface area contributed by atoms with E-state index in [0.29, 0.717) is 19.1 Å². The lowest BCUT2D eigenvalue weighted by Gasteiger charge is -2.19. The second-order valence-corrected chi connectivity index (χ2v) is 5.43. The molecule has 2 fully saturated rings. The van der Waals surface area contributed by atoms with Crippen molar-refractivity contribution >= 4 is 5.91 Å². The summed E-state index contributed by atoms with van der Waals surface area (Å²) in [7, 11) is 0. The van der Waals surface area contributed by atoms with E-state index >= 15 is 0 Å². The van der Waals surface area contributed by atoms with Crippen LogP contribution in [0.15, 0.2) is 0 Å². The summed E-state index contributed by atoms with van der Waals surface area (Å²) in [5, 5.41) is 12.5. The standard InChI is InChI=1S/C13H24N2O2/c16-12-7-8-15(9-12)10-13(17)14-11-5-3-1-2-4-6-11/h11-12,16H,1-10H2,(H,14,17)/t12-/m0/s1. The predicted octanol–water partition coefficient (Wildman–Crippen LogP) is 0.892. The van der Waals surface area contributed by atoms with Crippen LogP contribution in [0, 0.1) is 0 Å². The van der Waals surface area contributed by atoms with E-state index in [1.54, 1.807) is 0 Å². The van der Waals surface area contributed by atoms with Crippen molar-refractivity contribution in [3.63, 3.8) is 0 Å². The van der Waals surface area contributed by atoms with Crippen molar-refractivity contribution in [2.75, 3.05) is 19.6 Å². The van der Waals surface area contributed by atoms with Crippen LogP contribution in [-0.2, 0) is 4.79 Å². The van der Waals surface area contributed by atoms with E-state index in [4.69, 9.17) is 0 Å². The molecule has 0 aromatic heterocycles. The predicted molar refractivity (Wildman–Crippen MR) is 66.7 cm³/mol. The zero-order valence-corrected chi connectivity index (χ0v) is 10.5. The van der Waals surface area contributed by atoms with Gasteiger partial charge in [0.15, 0.2) is 0 Å². The summed E-state index contributed by atoms with van der Waals surface area (Å²) in [6.07, 6.45) is 7.94. The second-order valence-electron chi connectivity index (χ2n) is 5.43. The van der Waals surface area contributed by atoms with Gasteiger partial charge in [0, 0.05) is 19.1 Å². The number of aliphatic hydroxyl groups is 1. The fraction of sp³-hybridized carbons (Fsp3) is 0.923. The molecule has 4 heteroatoms. The zero-order valence-electron chi connectivity index (χ0n) is 10.5. The Morgan fingerprint density at radius 3 is 2.47 bits per heavy atom. The monoisotopic (exact) mass is 240 g/mol. The van der Waals surface area contributed by atoms with Crippen molar-refractivity contribution in [3.05, 3.63) is 0 Å². The van der Waals surface area contributed by atoms with Crippen molar-refractivity contribution in [1.82, 2.24) is 10.2 Å². The molecule has 1 saturated heterocycles. The fourth-order valence-electron chi connectivity index (χ4n) is 2.86. The highest BCUT2D eigenvalue weighted by Crippen LogP contribution is 2.17. The number of aliphatic hydroxyl groups excluding tert-OH is 1. The number of nitrogens with zero attached hydrogens (tertiary/aromatic N) is 1. The number of nitrogens with one attached hydrogen (secondary N) is 1. The quantitative estimate of drug-likeness (QED) is 0.720. The minimum Gasteiger partial charge on any atom is -0.392 e. The first kappa shape index (κ1) is 12.8. The average Bonchev–Trinajstić information content (AvgIpc) is 2.53. The lowest BCUT2D eigenvalue weighted by Crippen LogP contribution is -2.41. The molecule has 1 saturated carbocycles. The SMILES string of the molecule is O=C(CN1CC[C@H](O)C1)NC1CCCCCC1. The molecule has 0 unspecified atom stereocenters. The van der Waals surface area contributed by atoms with E-state index in [1.165, 1.54) is 25.7 Å². The minimum atomic E-state index is -0.235. The zero-order chi connectivity index (χ0) is 12.1. The molecule has 2 aliphatic rings. The molecule has 0 radical (unpaired) electrons. The Hall–Kier alpha value is -0.610. The van der Waals surface area contributed by atoms with Gasteiger partial charge < -0.3 is 10.4 Å². The van der Waals surface area contributed by atoms with Gasteiger partial charge in [-0.05, 0) is 19.3 Å². The number of likely N-dealkylation sites (tertiary alicyclic amines) is 1. The van der Waals surface area contributed by atoms with Gasteiger partial charge in [-0.25, -0.2) is 0 Å². The highest BCUT2D eigenvalue weighted by atomic mass is 16.3. The molecule has 0 spiro atoms. The van der Waals surface area contributed by atoms with Crippen molar-refractivity contribution in [2.24, 2.45) is 0 Å². The third-order valence-electron chi connectivity index (χ3n) is 3.83. The number of hydrogen-bond donors (Lipinski definition) is 2. The lowest BCUT2D eigenvalue weighted by molar-refractivity contribution is -0.122. The molecule has 4 nitrogen and oxygen atoms in total. The van der Waals surface area contributed by atoms with Crippen molar-refractivity contribution < 1.29 is 9.90 Å². The van der Waals surface area contributed by atoms with Crippen LogP contribution in [0.5, 0.6) is 0 Å². The Kier molecular flexibility index (Phi) is 4.80. The first-order valence-electron chi connectivity index (χ1n) is 6.94. The van der Waals surface area contributed by atoms with Gasteiger partial charge in [0.1, 0.15) is 0 Å². The third kappa shape index (κ3) is 4.28. The van der Waals surface area contributed by atoms with E-state index in [2.05, 4.69) is 5.32 Å². The Labute approximate surface area is 103 Å². The number of carbonyl (C=O) groups excluding carboxylic acids is 1. The van der Waals surface area contributed by atoms with Crippen LogP contribution in [-0.4, -0.2) is 47.7 Å². The van der Waals surface area contributed by atoms with Crippen molar-refractivity contribution in [3.8, 4) is 0 Å². The maximum atomic E-state index is 11.9. The van der Waals surface area contributed by atoms with E-state index in [-0.39, 0.29) is 12.0 Å². The maximum absolute atomic E-state index is 11.9. The molecule has 1 aliphatic heterocycles. The van der Waals surface area contributed by atoms with Gasteiger partial charge in [-0.1, -0.05) is 25.7 Å². The summed E-state index contributed by atoms with van der Waals surface area (Å²) in [4.78, 5) is 13.9. The number of amides is 1. The molecule has 17 heavy (non-hydrogen) atoms. The summed E-state index contributed by atoms with van der Waals surface area (Å²) in [5.74, 6) is 0.131. The molecular formula is C13H24N2O2. The second kappa shape index (κ2) is 6.36. The number of rotatable bonds is 3. The first-order valence-corrected chi connectivity index (χ1v) is 6.94. The van der Waals surface area contributed by atoms with E-state index < -0.39 is 0 Å². The van der Waals surface area contributed by atoms with Crippen LogP contribution in [0.3, 0.4) is 0 Å². The van der Waals surface area contributed by atoms with Gasteiger partial charge in [0.25, 0.3) is 0 Å². The smallest absolute Gasteiger partial charge is 0.234 e. The van der Waals surface area contributed by atoms with Gasteiger partial charge in [-0.3, -0.25) is 9.69 Å². The lowest BCUT2D eigenvalue weighted by atomic mass is 10.1. The molecule has 1 heterocycles. The van der Waals surface area contributed by atoms with Gasteiger partial charge in [-0.2, -0.15) is 0 Å².